The van der Waals surface area contributed by atoms with E-state index in [0.29, 0.717) is 22.4 Å². The molecule has 2 N–H and O–H groups in total. The quantitative estimate of drug-likeness (QED) is 0.585. The Bertz CT molecular complexity index is 1150. The number of methoxy groups -OCH3 is 2. The summed E-state index contributed by atoms with van der Waals surface area (Å²) in [5.74, 6) is -0.304. The van der Waals surface area contributed by atoms with Crippen LogP contribution < -0.4 is 20.3 Å². The summed E-state index contributed by atoms with van der Waals surface area (Å²) < 4.78 is 12.0. The molecule has 3 aromatic rings. The summed E-state index contributed by atoms with van der Waals surface area (Å²) >= 11 is 0. The predicted molar refractivity (Wildman–Crippen MR) is 115 cm³/mol. The standard InChI is InChI=1S/C23H24N2O5/c1-5-11-25-17-13-19(30-4)18(29-3)12-16(17)21(26)20(23(25)28)22(27)24-14(2)15-9-7-6-8-10-15/h5-10,12-14,26H,1,11H2,2-4H3,(H,24,27)/t14-/m0/s1. The molecule has 0 saturated heterocycles. The first-order valence-electron chi connectivity index (χ1n) is 9.41. The molecule has 0 aliphatic carbocycles. The van der Waals surface area contributed by atoms with Crippen LogP contribution >= 0.6 is 0 Å². The number of nitrogens with zero attached hydrogens (tertiary/aromatic N) is 1. The van der Waals surface area contributed by atoms with Gasteiger partial charge < -0.3 is 24.5 Å². The zero-order valence-corrected chi connectivity index (χ0v) is 17.1. The smallest absolute Gasteiger partial charge is 0.268 e. The fraction of sp³-hybridized carbons (Fsp3) is 0.217. The van der Waals surface area contributed by atoms with Crippen molar-refractivity contribution >= 4 is 16.8 Å². The number of amides is 1. The number of benzene rings is 2. The maximum absolute atomic E-state index is 13.1. The fourth-order valence-electron chi connectivity index (χ4n) is 3.37. The lowest BCUT2D eigenvalue weighted by Gasteiger charge is -2.18. The predicted octanol–water partition coefficient (Wildman–Crippen LogP) is 3.40. The van der Waals surface area contributed by atoms with Gasteiger partial charge in [-0.3, -0.25) is 9.59 Å². The Balaban J connectivity index is 2.17. The summed E-state index contributed by atoms with van der Waals surface area (Å²) in [4.78, 5) is 26.1. The molecule has 1 amide bonds. The average Bonchev–Trinajstić information content (AvgIpc) is 2.76. The van der Waals surface area contributed by atoms with Gasteiger partial charge in [0, 0.05) is 18.0 Å². The Morgan fingerprint density at radius 3 is 2.43 bits per heavy atom. The van der Waals surface area contributed by atoms with Crippen LogP contribution in [0.4, 0.5) is 0 Å². The van der Waals surface area contributed by atoms with Gasteiger partial charge in [-0.15, -0.1) is 6.58 Å². The molecule has 7 heteroatoms. The molecule has 30 heavy (non-hydrogen) atoms. The molecule has 1 aromatic heterocycles. The number of carbonyl (C=O) groups is 1. The first kappa shape index (κ1) is 21.0. The average molecular weight is 408 g/mol. The van der Waals surface area contributed by atoms with Crippen LogP contribution in [0.15, 0.2) is 59.9 Å². The number of aromatic hydroxyl groups is 1. The molecule has 1 atom stereocenters. The van der Waals surface area contributed by atoms with Crippen LogP contribution in [0.3, 0.4) is 0 Å². The highest BCUT2D eigenvalue weighted by Crippen LogP contribution is 2.36. The molecule has 0 spiro atoms. The van der Waals surface area contributed by atoms with Gasteiger partial charge in [0.05, 0.1) is 25.8 Å². The zero-order valence-electron chi connectivity index (χ0n) is 17.1. The molecule has 2 aromatic carbocycles. The molecule has 3 rings (SSSR count). The van der Waals surface area contributed by atoms with Crippen LogP contribution in [0.1, 0.15) is 28.9 Å². The van der Waals surface area contributed by atoms with Crippen molar-refractivity contribution in [1.82, 2.24) is 9.88 Å². The third-order valence-corrected chi connectivity index (χ3v) is 4.93. The first-order valence-corrected chi connectivity index (χ1v) is 9.41. The van der Waals surface area contributed by atoms with Crippen molar-refractivity contribution in [1.29, 1.82) is 0 Å². The van der Waals surface area contributed by atoms with E-state index in [4.69, 9.17) is 9.47 Å². The highest BCUT2D eigenvalue weighted by molar-refractivity contribution is 6.03. The van der Waals surface area contributed by atoms with Crippen molar-refractivity contribution in [2.45, 2.75) is 19.5 Å². The maximum atomic E-state index is 13.1. The van der Waals surface area contributed by atoms with Crippen molar-refractivity contribution in [2.24, 2.45) is 0 Å². The minimum absolute atomic E-state index is 0.152. The van der Waals surface area contributed by atoms with E-state index in [1.54, 1.807) is 18.2 Å². The summed E-state index contributed by atoms with van der Waals surface area (Å²) in [5.41, 5.74) is 0.330. The highest BCUT2D eigenvalue weighted by Gasteiger charge is 2.24. The van der Waals surface area contributed by atoms with Crippen LogP contribution in [0.25, 0.3) is 10.9 Å². The molecule has 156 valence electrons. The molecule has 0 saturated carbocycles. The third kappa shape index (κ3) is 3.74. The van der Waals surface area contributed by atoms with Crippen LogP contribution in [0.2, 0.25) is 0 Å². The monoisotopic (exact) mass is 408 g/mol. The number of hydrogen-bond acceptors (Lipinski definition) is 5. The molecule has 0 aliphatic heterocycles. The summed E-state index contributed by atoms with van der Waals surface area (Å²) in [5, 5.41) is 13.9. The molecule has 0 bridgehead atoms. The topological polar surface area (TPSA) is 89.8 Å². The minimum atomic E-state index is -0.664. The number of fused-ring (bicyclic) bond motifs is 1. The van der Waals surface area contributed by atoms with E-state index in [9.17, 15) is 14.7 Å². The molecule has 1 heterocycles. The lowest BCUT2D eigenvalue weighted by atomic mass is 10.1. The second-order valence-electron chi connectivity index (χ2n) is 6.76. The summed E-state index contributed by atoms with van der Waals surface area (Å²) in [7, 11) is 2.95. The molecular formula is C23H24N2O5. The van der Waals surface area contributed by atoms with Crippen molar-refractivity contribution in [3.05, 3.63) is 76.6 Å². The van der Waals surface area contributed by atoms with Gasteiger partial charge in [-0.2, -0.15) is 0 Å². The minimum Gasteiger partial charge on any atom is -0.506 e. The zero-order chi connectivity index (χ0) is 21.8. The second-order valence-corrected chi connectivity index (χ2v) is 6.76. The summed E-state index contributed by atoms with van der Waals surface area (Å²) in [6.45, 7) is 5.65. The number of rotatable bonds is 7. The lowest BCUT2D eigenvalue weighted by molar-refractivity contribution is 0.0935. The highest BCUT2D eigenvalue weighted by atomic mass is 16.5. The number of aromatic nitrogens is 1. The largest absolute Gasteiger partial charge is 0.506 e. The Hall–Kier alpha value is -3.74. The molecule has 0 aliphatic rings. The molecule has 0 unspecified atom stereocenters. The Labute approximate surface area is 174 Å². The van der Waals surface area contributed by atoms with E-state index in [1.165, 1.54) is 18.8 Å². The van der Waals surface area contributed by atoms with Gasteiger partial charge in [-0.1, -0.05) is 36.4 Å². The number of ether oxygens (including phenoxy) is 2. The Morgan fingerprint density at radius 2 is 1.83 bits per heavy atom. The van der Waals surface area contributed by atoms with E-state index >= 15 is 0 Å². The maximum Gasteiger partial charge on any atom is 0.268 e. The van der Waals surface area contributed by atoms with Crippen molar-refractivity contribution < 1.29 is 19.4 Å². The van der Waals surface area contributed by atoms with Crippen LogP contribution in [0.5, 0.6) is 17.2 Å². The van der Waals surface area contributed by atoms with Gasteiger partial charge >= 0.3 is 0 Å². The number of pyridine rings is 1. The molecule has 0 fully saturated rings. The molecular weight excluding hydrogens is 384 g/mol. The number of carbonyl (C=O) groups excluding carboxylic acids is 1. The first-order chi connectivity index (χ1) is 14.4. The van der Waals surface area contributed by atoms with Crippen LogP contribution in [-0.2, 0) is 6.54 Å². The summed E-state index contributed by atoms with van der Waals surface area (Å²) in [6.07, 6.45) is 1.54. The van der Waals surface area contributed by atoms with Gasteiger partial charge in [0.15, 0.2) is 11.5 Å². The SMILES string of the molecule is C=CCn1c(=O)c(C(=O)N[C@@H](C)c2ccccc2)c(O)c2cc(OC)c(OC)cc21. The number of hydrogen-bond donors (Lipinski definition) is 2. The molecule has 7 nitrogen and oxygen atoms in total. The third-order valence-electron chi connectivity index (χ3n) is 4.93. The van der Waals surface area contributed by atoms with E-state index < -0.39 is 17.2 Å². The Kier molecular flexibility index (Phi) is 6.11. The van der Waals surface area contributed by atoms with Gasteiger partial charge in [-0.25, -0.2) is 0 Å². The lowest BCUT2D eigenvalue weighted by Crippen LogP contribution is -2.34. The van der Waals surface area contributed by atoms with Gasteiger partial charge in [-0.05, 0) is 18.6 Å². The van der Waals surface area contributed by atoms with Gasteiger partial charge in [0.2, 0.25) is 0 Å². The Morgan fingerprint density at radius 1 is 1.20 bits per heavy atom. The van der Waals surface area contributed by atoms with E-state index in [-0.39, 0.29) is 18.2 Å². The molecule has 0 radical (unpaired) electrons. The van der Waals surface area contributed by atoms with Crippen molar-refractivity contribution in [3.8, 4) is 17.2 Å². The van der Waals surface area contributed by atoms with Crippen LogP contribution in [-0.4, -0.2) is 29.8 Å². The van der Waals surface area contributed by atoms with Crippen LogP contribution in [0, 0.1) is 0 Å². The van der Waals surface area contributed by atoms with E-state index in [2.05, 4.69) is 11.9 Å². The van der Waals surface area contributed by atoms with Crippen molar-refractivity contribution in [2.75, 3.05) is 14.2 Å². The van der Waals surface area contributed by atoms with E-state index in [1.807, 2.05) is 37.3 Å². The van der Waals surface area contributed by atoms with Gasteiger partial charge in [0.25, 0.3) is 11.5 Å². The van der Waals surface area contributed by atoms with E-state index in [0.717, 1.165) is 5.56 Å². The second kappa shape index (κ2) is 8.73. The fourth-order valence-corrected chi connectivity index (χ4v) is 3.37. The number of allylic oxidation sites excluding steroid dienone is 1. The number of nitrogens with one attached hydrogen (secondary N) is 1. The van der Waals surface area contributed by atoms with Crippen molar-refractivity contribution in [3.63, 3.8) is 0 Å². The summed E-state index contributed by atoms with van der Waals surface area (Å²) in [6, 6.07) is 12.1. The van der Waals surface area contributed by atoms with Gasteiger partial charge in [0.1, 0.15) is 11.3 Å². The normalized spacial score (nSPS) is 11.7.